The summed E-state index contributed by atoms with van der Waals surface area (Å²) in [6.07, 6.45) is 0. The highest BCUT2D eigenvalue weighted by Gasteiger charge is 2.07. The van der Waals surface area contributed by atoms with Gasteiger partial charge in [0.15, 0.2) is 5.75 Å². The van der Waals surface area contributed by atoms with Gasteiger partial charge < -0.3 is 4.18 Å². The number of hydrogen-bond donors (Lipinski definition) is 1. The molecule has 1 atom stereocenters. The van der Waals surface area contributed by atoms with E-state index in [-0.39, 0.29) is 0 Å². The minimum atomic E-state index is -2.28. The van der Waals surface area contributed by atoms with Crippen LogP contribution in [0.25, 0.3) is 10.8 Å². The maximum absolute atomic E-state index is 10.7. The summed E-state index contributed by atoms with van der Waals surface area (Å²) < 4.78 is 24.3. The van der Waals surface area contributed by atoms with Gasteiger partial charge in [-0.2, -0.15) is 4.21 Å². The molecule has 2 aromatic carbocycles. The zero-order chi connectivity index (χ0) is 10.8. The Morgan fingerprint density at radius 1 is 1.20 bits per heavy atom. The van der Waals surface area contributed by atoms with Crippen LogP contribution in [0.3, 0.4) is 0 Å². The van der Waals surface area contributed by atoms with Crippen molar-refractivity contribution in [3.8, 4) is 5.75 Å². The van der Waals surface area contributed by atoms with Crippen molar-refractivity contribution in [3.63, 3.8) is 0 Å². The van der Waals surface area contributed by atoms with Crippen LogP contribution < -0.4 is 4.18 Å². The molecule has 0 aromatic heterocycles. The van der Waals surface area contributed by atoms with Gasteiger partial charge in [0, 0.05) is 5.39 Å². The maximum Gasteiger partial charge on any atom is 0.357 e. The molecule has 0 fully saturated rings. The molecule has 0 saturated carbocycles. The van der Waals surface area contributed by atoms with E-state index in [1.54, 1.807) is 0 Å². The van der Waals surface area contributed by atoms with Crippen molar-refractivity contribution in [2.24, 2.45) is 0 Å². The fraction of sp³-hybridized carbons (Fsp3) is 0.0909. The molecule has 0 bridgehead atoms. The molecule has 0 saturated heterocycles. The number of benzene rings is 2. The fourth-order valence-corrected chi connectivity index (χ4v) is 1.90. The minimum Gasteiger partial charge on any atom is -0.379 e. The van der Waals surface area contributed by atoms with E-state index in [0.29, 0.717) is 5.75 Å². The second-order valence-corrected chi connectivity index (χ2v) is 3.83. The molecule has 0 radical (unpaired) electrons. The Bertz CT molecular complexity index is 522. The summed E-state index contributed by atoms with van der Waals surface area (Å²) in [6, 6.07) is 11.4. The highest BCUT2D eigenvalue weighted by atomic mass is 32.2. The summed E-state index contributed by atoms with van der Waals surface area (Å²) in [5, 5.41) is 1.84. The van der Waals surface area contributed by atoms with E-state index in [2.05, 4.69) is 0 Å². The summed E-state index contributed by atoms with van der Waals surface area (Å²) in [7, 11) is 0. The molecule has 0 aliphatic carbocycles. The molecule has 4 heteroatoms. The molecule has 0 heterocycles. The zero-order valence-corrected chi connectivity index (χ0v) is 8.95. The average Bonchev–Trinajstić information content (AvgIpc) is 2.22. The lowest BCUT2D eigenvalue weighted by Crippen LogP contribution is -1.99. The molecular formula is C11H10O3S. The average molecular weight is 222 g/mol. The van der Waals surface area contributed by atoms with Gasteiger partial charge in [0.2, 0.25) is 0 Å². The summed E-state index contributed by atoms with van der Waals surface area (Å²) in [6.45, 7) is 1.84. The first kappa shape index (κ1) is 10.1. The highest BCUT2D eigenvalue weighted by Crippen LogP contribution is 2.29. The predicted molar refractivity (Wildman–Crippen MR) is 60.1 cm³/mol. The lowest BCUT2D eigenvalue weighted by atomic mass is 10.1. The topological polar surface area (TPSA) is 46.5 Å². The summed E-state index contributed by atoms with van der Waals surface area (Å²) >= 11 is -2.28. The van der Waals surface area contributed by atoms with E-state index in [0.717, 1.165) is 16.3 Å². The van der Waals surface area contributed by atoms with Crippen LogP contribution in [0.2, 0.25) is 0 Å². The Kier molecular flexibility index (Phi) is 2.70. The second kappa shape index (κ2) is 4.00. The fourth-order valence-electron chi connectivity index (χ4n) is 1.53. The van der Waals surface area contributed by atoms with E-state index in [1.807, 2.05) is 43.3 Å². The molecule has 2 rings (SSSR count). The number of rotatable bonds is 2. The third-order valence-electron chi connectivity index (χ3n) is 2.23. The Labute approximate surface area is 90.2 Å². The van der Waals surface area contributed by atoms with E-state index in [9.17, 15) is 4.21 Å². The molecule has 0 spiro atoms. The van der Waals surface area contributed by atoms with Crippen LogP contribution in [-0.2, 0) is 11.4 Å². The van der Waals surface area contributed by atoms with Crippen LogP contribution in [-0.4, -0.2) is 8.76 Å². The molecule has 0 amide bonds. The molecule has 0 aliphatic heterocycles. The molecule has 2 aromatic rings. The minimum absolute atomic E-state index is 0.467. The predicted octanol–water partition coefficient (Wildman–Crippen LogP) is 2.66. The number of fused-ring (bicyclic) bond motifs is 1. The largest absolute Gasteiger partial charge is 0.379 e. The van der Waals surface area contributed by atoms with Gasteiger partial charge in [0.1, 0.15) is 0 Å². The number of aryl methyl sites for hydroxylation is 1. The van der Waals surface area contributed by atoms with Gasteiger partial charge in [-0.05, 0) is 17.9 Å². The van der Waals surface area contributed by atoms with E-state index >= 15 is 0 Å². The molecule has 15 heavy (non-hydrogen) atoms. The summed E-state index contributed by atoms with van der Waals surface area (Å²) in [5.41, 5.74) is 0.844. The lowest BCUT2D eigenvalue weighted by Gasteiger charge is -2.07. The third kappa shape index (κ3) is 2.00. The van der Waals surface area contributed by atoms with Crippen LogP contribution >= 0.6 is 0 Å². The third-order valence-corrected chi connectivity index (χ3v) is 2.54. The zero-order valence-electron chi connectivity index (χ0n) is 8.14. The molecule has 3 nitrogen and oxygen atoms in total. The van der Waals surface area contributed by atoms with Gasteiger partial charge in [-0.3, -0.25) is 4.55 Å². The first-order valence-corrected chi connectivity index (χ1v) is 5.49. The van der Waals surface area contributed by atoms with Crippen molar-refractivity contribution in [1.82, 2.24) is 0 Å². The van der Waals surface area contributed by atoms with Crippen LogP contribution in [0.4, 0.5) is 0 Å². The quantitative estimate of drug-likeness (QED) is 0.794. The first-order valence-electron chi connectivity index (χ1n) is 4.46. The Balaban J connectivity index is 2.68. The maximum atomic E-state index is 10.7. The normalized spacial score (nSPS) is 12.7. The highest BCUT2D eigenvalue weighted by molar-refractivity contribution is 7.74. The Morgan fingerprint density at radius 2 is 1.93 bits per heavy atom. The van der Waals surface area contributed by atoms with Crippen LogP contribution in [0.15, 0.2) is 36.4 Å². The van der Waals surface area contributed by atoms with Crippen molar-refractivity contribution < 1.29 is 12.9 Å². The first-order chi connectivity index (χ1) is 7.18. The molecule has 1 unspecified atom stereocenters. The van der Waals surface area contributed by atoms with Crippen LogP contribution in [0.1, 0.15) is 5.56 Å². The Hall–Kier alpha value is -1.39. The Morgan fingerprint density at radius 3 is 2.67 bits per heavy atom. The van der Waals surface area contributed by atoms with Gasteiger partial charge >= 0.3 is 11.4 Å². The number of hydrogen-bond acceptors (Lipinski definition) is 2. The lowest BCUT2D eigenvalue weighted by molar-refractivity contribution is 0.459. The van der Waals surface area contributed by atoms with E-state index in [4.69, 9.17) is 8.74 Å². The van der Waals surface area contributed by atoms with Crippen molar-refractivity contribution >= 4 is 22.1 Å². The van der Waals surface area contributed by atoms with Gasteiger partial charge in [0.05, 0.1) is 0 Å². The smallest absolute Gasteiger partial charge is 0.357 e. The van der Waals surface area contributed by atoms with Gasteiger partial charge in [-0.15, -0.1) is 0 Å². The SMILES string of the molecule is Cc1ccc2ccccc2c1OS(=O)O. The van der Waals surface area contributed by atoms with Crippen molar-refractivity contribution in [2.45, 2.75) is 6.92 Å². The monoisotopic (exact) mass is 222 g/mol. The van der Waals surface area contributed by atoms with Crippen molar-refractivity contribution in [1.29, 1.82) is 0 Å². The van der Waals surface area contributed by atoms with Crippen LogP contribution in [0.5, 0.6) is 5.75 Å². The van der Waals surface area contributed by atoms with Crippen molar-refractivity contribution in [2.75, 3.05) is 0 Å². The molecule has 78 valence electrons. The van der Waals surface area contributed by atoms with Crippen LogP contribution in [0, 0.1) is 6.92 Å². The van der Waals surface area contributed by atoms with E-state index in [1.165, 1.54) is 0 Å². The second-order valence-electron chi connectivity index (χ2n) is 3.23. The van der Waals surface area contributed by atoms with Gasteiger partial charge in [-0.1, -0.05) is 36.4 Å². The molecule has 1 N–H and O–H groups in total. The van der Waals surface area contributed by atoms with Crippen molar-refractivity contribution in [3.05, 3.63) is 42.0 Å². The summed E-state index contributed by atoms with van der Waals surface area (Å²) in [5.74, 6) is 0.467. The molecule has 0 aliphatic rings. The molecular weight excluding hydrogens is 212 g/mol. The van der Waals surface area contributed by atoms with Gasteiger partial charge in [0.25, 0.3) is 0 Å². The van der Waals surface area contributed by atoms with Gasteiger partial charge in [-0.25, -0.2) is 0 Å². The standard InChI is InChI=1S/C11H10O3S/c1-8-6-7-9-4-2-3-5-10(9)11(8)14-15(12)13/h2-7H,1H3,(H,12,13). The van der Waals surface area contributed by atoms with E-state index < -0.39 is 11.4 Å². The summed E-state index contributed by atoms with van der Waals surface area (Å²) in [4.78, 5) is 0.